The van der Waals surface area contributed by atoms with Gasteiger partial charge in [0.2, 0.25) is 0 Å². The molecule has 1 aromatic heterocycles. The maximum absolute atomic E-state index is 5.88. The fourth-order valence-electron chi connectivity index (χ4n) is 2.07. The molecule has 3 aromatic rings. The summed E-state index contributed by atoms with van der Waals surface area (Å²) in [5, 5.41) is 6.53. The number of aromatic nitrogens is 1. The van der Waals surface area contributed by atoms with Crippen LogP contribution >= 0.6 is 11.6 Å². The van der Waals surface area contributed by atoms with E-state index in [2.05, 4.69) is 22.4 Å². The maximum Gasteiger partial charge on any atom is 0.0438 e. The normalized spacial score (nSPS) is 10.6. The molecule has 0 fully saturated rings. The van der Waals surface area contributed by atoms with E-state index in [9.17, 15) is 0 Å². The van der Waals surface area contributed by atoms with Gasteiger partial charge in [-0.25, -0.2) is 0 Å². The van der Waals surface area contributed by atoms with Gasteiger partial charge in [-0.15, -0.1) is 0 Å². The number of fused-ring (bicyclic) bond motifs is 1. The van der Waals surface area contributed by atoms with Crippen LogP contribution in [0.3, 0.4) is 0 Å². The maximum atomic E-state index is 5.88. The van der Waals surface area contributed by atoms with Crippen molar-refractivity contribution in [2.45, 2.75) is 6.54 Å². The van der Waals surface area contributed by atoms with Gasteiger partial charge in [-0.2, -0.15) is 0 Å². The van der Waals surface area contributed by atoms with Crippen molar-refractivity contribution < 1.29 is 0 Å². The van der Waals surface area contributed by atoms with Gasteiger partial charge in [0.15, 0.2) is 0 Å². The van der Waals surface area contributed by atoms with Crippen LogP contribution in [0.2, 0.25) is 5.02 Å². The molecular formula is C16H13ClN2. The summed E-state index contributed by atoms with van der Waals surface area (Å²) >= 11 is 5.88. The first-order chi connectivity index (χ1) is 9.33. The summed E-state index contributed by atoms with van der Waals surface area (Å²) in [4.78, 5) is 4.18. The molecule has 0 saturated heterocycles. The lowest BCUT2D eigenvalue weighted by atomic mass is 10.1. The topological polar surface area (TPSA) is 24.9 Å². The molecule has 0 unspecified atom stereocenters. The van der Waals surface area contributed by atoms with Gasteiger partial charge in [-0.05, 0) is 35.2 Å². The number of nitrogens with zero attached hydrogens (tertiary/aromatic N) is 1. The third-order valence-corrected chi connectivity index (χ3v) is 3.33. The van der Waals surface area contributed by atoms with Gasteiger partial charge in [-0.3, -0.25) is 4.98 Å². The Morgan fingerprint density at radius 2 is 1.84 bits per heavy atom. The Morgan fingerprint density at radius 3 is 2.68 bits per heavy atom. The number of rotatable bonds is 3. The molecule has 0 atom stereocenters. The number of hydrogen-bond acceptors (Lipinski definition) is 2. The van der Waals surface area contributed by atoms with Crippen LogP contribution in [0.15, 0.2) is 60.9 Å². The highest BCUT2D eigenvalue weighted by molar-refractivity contribution is 6.30. The standard InChI is InChI=1S/C16H13ClN2/c17-14-6-4-12(5-7-14)10-19-16-3-1-2-13-8-9-18-11-15(13)16/h1-9,11,19H,10H2. The number of pyridine rings is 1. The fourth-order valence-corrected chi connectivity index (χ4v) is 2.19. The second kappa shape index (κ2) is 5.29. The molecule has 3 rings (SSSR count). The summed E-state index contributed by atoms with van der Waals surface area (Å²) < 4.78 is 0. The zero-order valence-corrected chi connectivity index (χ0v) is 11.1. The van der Waals surface area contributed by atoms with E-state index in [4.69, 9.17) is 11.6 Å². The fraction of sp³-hybridized carbons (Fsp3) is 0.0625. The van der Waals surface area contributed by atoms with Crippen molar-refractivity contribution in [1.82, 2.24) is 4.98 Å². The molecule has 1 N–H and O–H groups in total. The number of hydrogen-bond donors (Lipinski definition) is 1. The zero-order valence-electron chi connectivity index (χ0n) is 10.3. The summed E-state index contributed by atoms with van der Waals surface area (Å²) in [5.74, 6) is 0. The monoisotopic (exact) mass is 268 g/mol. The Kier molecular flexibility index (Phi) is 3.34. The van der Waals surface area contributed by atoms with Crippen molar-refractivity contribution in [3.63, 3.8) is 0 Å². The van der Waals surface area contributed by atoms with Crippen LogP contribution in [-0.4, -0.2) is 4.98 Å². The second-order valence-electron chi connectivity index (χ2n) is 4.38. The highest BCUT2D eigenvalue weighted by atomic mass is 35.5. The predicted molar refractivity (Wildman–Crippen MR) is 80.5 cm³/mol. The van der Waals surface area contributed by atoms with Crippen molar-refractivity contribution in [3.8, 4) is 0 Å². The van der Waals surface area contributed by atoms with Crippen LogP contribution in [0.5, 0.6) is 0 Å². The van der Waals surface area contributed by atoms with Crippen LogP contribution in [0, 0.1) is 0 Å². The lowest BCUT2D eigenvalue weighted by Crippen LogP contribution is -1.99. The number of halogens is 1. The van der Waals surface area contributed by atoms with E-state index in [-0.39, 0.29) is 0 Å². The van der Waals surface area contributed by atoms with E-state index >= 15 is 0 Å². The van der Waals surface area contributed by atoms with Gasteiger partial charge in [-0.1, -0.05) is 35.9 Å². The smallest absolute Gasteiger partial charge is 0.0438 e. The van der Waals surface area contributed by atoms with Gasteiger partial charge >= 0.3 is 0 Å². The molecule has 0 aliphatic carbocycles. The van der Waals surface area contributed by atoms with Crippen LogP contribution in [0.25, 0.3) is 10.8 Å². The lowest BCUT2D eigenvalue weighted by molar-refractivity contribution is 1.15. The summed E-state index contributed by atoms with van der Waals surface area (Å²) in [6.07, 6.45) is 3.70. The highest BCUT2D eigenvalue weighted by Gasteiger charge is 2.00. The van der Waals surface area contributed by atoms with E-state index in [0.29, 0.717) is 0 Å². The molecule has 19 heavy (non-hydrogen) atoms. The minimum Gasteiger partial charge on any atom is -0.380 e. The molecule has 3 heteroatoms. The van der Waals surface area contributed by atoms with E-state index < -0.39 is 0 Å². The molecule has 0 amide bonds. The van der Waals surface area contributed by atoms with Gasteiger partial charge in [0.1, 0.15) is 0 Å². The zero-order chi connectivity index (χ0) is 13.1. The first-order valence-electron chi connectivity index (χ1n) is 6.14. The first kappa shape index (κ1) is 12.0. The Balaban J connectivity index is 1.84. The Labute approximate surface area is 117 Å². The summed E-state index contributed by atoms with van der Waals surface area (Å²) in [5.41, 5.74) is 2.30. The van der Waals surface area contributed by atoms with E-state index in [1.165, 1.54) is 10.9 Å². The van der Waals surface area contributed by atoms with Gasteiger partial charge in [0, 0.05) is 35.0 Å². The predicted octanol–water partition coefficient (Wildman–Crippen LogP) is 4.50. The van der Waals surface area contributed by atoms with E-state index in [0.717, 1.165) is 22.6 Å². The second-order valence-corrected chi connectivity index (χ2v) is 4.82. The Morgan fingerprint density at radius 1 is 1.00 bits per heavy atom. The molecule has 2 aromatic carbocycles. The average Bonchev–Trinajstić information content (AvgIpc) is 2.47. The van der Waals surface area contributed by atoms with Crippen molar-refractivity contribution in [2.24, 2.45) is 0 Å². The molecule has 0 saturated carbocycles. The largest absolute Gasteiger partial charge is 0.380 e. The van der Waals surface area contributed by atoms with Gasteiger partial charge < -0.3 is 5.32 Å². The molecule has 0 aliphatic heterocycles. The van der Waals surface area contributed by atoms with Crippen LogP contribution < -0.4 is 5.32 Å². The summed E-state index contributed by atoms with van der Waals surface area (Å²) in [7, 11) is 0. The van der Waals surface area contributed by atoms with Gasteiger partial charge in [0.25, 0.3) is 0 Å². The molecule has 0 spiro atoms. The van der Waals surface area contributed by atoms with Crippen LogP contribution in [0.1, 0.15) is 5.56 Å². The molecule has 0 aliphatic rings. The van der Waals surface area contributed by atoms with Gasteiger partial charge in [0.05, 0.1) is 0 Å². The number of anilines is 1. The average molecular weight is 269 g/mol. The third kappa shape index (κ3) is 2.69. The summed E-state index contributed by atoms with van der Waals surface area (Å²) in [6.45, 7) is 0.769. The summed E-state index contributed by atoms with van der Waals surface area (Å²) in [6, 6.07) is 16.1. The minimum atomic E-state index is 0.762. The number of benzene rings is 2. The Bertz CT molecular complexity index is 687. The van der Waals surface area contributed by atoms with E-state index in [1.807, 2.05) is 48.8 Å². The minimum absolute atomic E-state index is 0.762. The van der Waals surface area contributed by atoms with Crippen molar-refractivity contribution in [2.75, 3.05) is 5.32 Å². The third-order valence-electron chi connectivity index (χ3n) is 3.08. The molecular weight excluding hydrogens is 256 g/mol. The molecule has 2 nitrogen and oxygen atoms in total. The highest BCUT2D eigenvalue weighted by Crippen LogP contribution is 2.22. The molecule has 0 radical (unpaired) electrons. The van der Waals surface area contributed by atoms with Crippen molar-refractivity contribution in [3.05, 3.63) is 71.5 Å². The van der Waals surface area contributed by atoms with Crippen molar-refractivity contribution in [1.29, 1.82) is 0 Å². The quantitative estimate of drug-likeness (QED) is 0.756. The number of nitrogens with one attached hydrogen (secondary N) is 1. The lowest BCUT2D eigenvalue weighted by Gasteiger charge is -2.09. The SMILES string of the molecule is Clc1ccc(CNc2cccc3ccncc23)cc1. The van der Waals surface area contributed by atoms with E-state index in [1.54, 1.807) is 0 Å². The molecule has 0 bridgehead atoms. The first-order valence-corrected chi connectivity index (χ1v) is 6.52. The molecule has 1 heterocycles. The Hall–Kier alpha value is -2.06. The van der Waals surface area contributed by atoms with Crippen molar-refractivity contribution >= 4 is 28.1 Å². The molecule has 94 valence electrons. The van der Waals surface area contributed by atoms with Crippen LogP contribution in [-0.2, 0) is 6.54 Å². The van der Waals surface area contributed by atoms with Crippen LogP contribution in [0.4, 0.5) is 5.69 Å².